The second-order valence-corrected chi connectivity index (χ2v) is 2.29. The number of hydrogen-bond donors (Lipinski definition) is 3. The van der Waals surface area contributed by atoms with E-state index in [-0.39, 0.29) is 5.91 Å². The molecule has 0 spiro atoms. The van der Waals surface area contributed by atoms with Gasteiger partial charge in [0.25, 0.3) is 5.91 Å². The third kappa shape index (κ3) is 0.755. The molecule has 1 fully saturated rings. The molecule has 3 N–H and O–H groups in total. The van der Waals surface area contributed by atoms with Crippen LogP contribution in [0, 0.1) is 6.07 Å². The molecule has 1 atom stereocenters. The van der Waals surface area contributed by atoms with Crippen LogP contribution >= 0.6 is 0 Å². The molecule has 1 amide bonds. The van der Waals surface area contributed by atoms with Gasteiger partial charge in [-0.2, -0.15) is 0 Å². The smallest absolute Gasteiger partial charge is 0.303 e. The Bertz CT molecular complexity index is 196. The average molecular weight is 140 g/mol. The van der Waals surface area contributed by atoms with Crippen molar-refractivity contribution in [2.45, 2.75) is 12.0 Å². The summed E-state index contributed by atoms with van der Waals surface area (Å²) in [4.78, 5) is 11.0. The minimum Gasteiger partial charge on any atom is -0.353 e. The van der Waals surface area contributed by atoms with Gasteiger partial charge < -0.3 is 5.32 Å². The van der Waals surface area contributed by atoms with Crippen LogP contribution < -0.4 is 15.9 Å². The number of amides is 1. The molecule has 1 unspecified atom stereocenters. The maximum Gasteiger partial charge on any atom is 0.303 e. The molecule has 0 bridgehead atoms. The minimum absolute atomic E-state index is 0.148. The van der Waals surface area contributed by atoms with Gasteiger partial charge in [0.1, 0.15) is 0 Å². The lowest BCUT2D eigenvalue weighted by atomic mass is 10.0. The Hall–Kier alpha value is -1.08. The van der Waals surface area contributed by atoms with E-state index in [1.54, 1.807) is 7.05 Å². The Morgan fingerprint density at radius 2 is 2.60 bits per heavy atom. The summed E-state index contributed by atoms with van der Waals surface area (Å²) in [5, 5.41) is 12.3. The molecule has 0 aliphatic carbocycles. The van der Waals surface area contributed by atoms with Gasteiger partial charge in [0.2, 0.25) is 5.54 Å². The summed E-state index contributed by atoms with van der Waals surface area (Å²) in [5.41, 5.74) is -0.847. The van der Waals surface area contributed by atoms with E-state index in [1.165, 1.54) is 0 Å². The van der Waals surface area contributed by atoms with Crippen molar-refractivity contribution >= 4 is 5.91 Å². The van der Waals surface area contributed by atoms with Gasteiger partial charge in [-0.1, -0.05) is 5.26 Å². The van der Waals surface area contributed by atoms with Crippen molar-refractivity contribution in [3.63, 3.8) is 0 Å². The van der Waals surface area contributed by atoms with Crippen LogP contribution in [0.3, 0.4) is 0 Å². The van der Waals surface area contributed by atoms with Crippen LogP contribution in [0.25, 0.3) is 0 Å². The lowest BCUT2D eigenvalue weighted by Crippen LogP contribution is -2.51. The van der Waals surface area contributed by atoms with E-state index in [0.29, 0.717) is 13.0 Å². The molecule has 54 valence electrons. The number of nitrogens with one attached hydrogen (secondary N) is 3. The highest BCUT2D eigenvalue weighted by molar-refractivity contribution is 5.91. The van der Waals surface area contributed by atoms with E-state index < -0.39 is 5.54 Å². The van der Waals surface area contributed by atoms with Gasteiger partial charge in [0, 0.05) is 13.0 Å². The molecule has 1 rings (SSSR count). The highest BCUT2D eigenvalue weighted by Crippen LogP contribution is 2.12. The van der Waals surface area contributed by atoms with Crippen LogP contribution in [-0.4, -0.2) is 25.0 Å². The summed E-state index contributed by atoms with van der Waals surface area (Å²) in [6.45, 7) is 0.631. The second-order valence-electron chi connectivity index (χ2n) is 2.29. The van der Waals surface area contributed by atoms with Gasteiger partial charge in [-0.3, -0.25) is 10.1 Å². The van der Waals surface area contributed by atoms with Crippen molar-refractivity contribution < 1.29 is 10.1 Å². The molecule has 0 aromatic rings. The fourth-order valence-corrected chi connectivity index (χ4v) is 1.05. The molecule has 0 radical (unpaired) electrons. The van der Waals surface area contributed by atoms with Gasteiger partial charge >= 0.3 is 6.07 Å². The molecule has 1 saturated heterocycles. The first-order valence-corrected chi connectivity index (χ1v) is 3.16. The summed E-state index contributed by atoms with van der Waals surface area (Å²) in [5.74, 6) is -0.148. The second kappa shape index (κ2) is 2.27. The normalized spacial score (nSPS) is 31.4. The number of carbonyl (C=O) groups excluding carboxylic acids is 1. The Morgan fingerprint density at radius 1 is 1.90 bits per heavy atom. The molecule has 1 aliphatic heterocycles. The standard InChI is InChI=1S/C6H9N3O/c1-8-6(4-7)2-3-9-5(6)10/h8H,2-3H2,1H3,(H,9,10)/p+1. The first-order valence-electron chi connectivity index (χ1n) is 3.16. The van der Waals surface area contributed by atoms with E-state index in [4.69, 9.17) is 5.26 Å². The Balaban J connectivity index is 2.84. The van der Waals surface area contributed by atoms with Crippen molar-refractivity contribution in [3.8, 4) is 6.07 Å². The monoisotopic (exact) mass is 140 g/mol. The lowest BCUT2D eigenvalue weighted by Gasteiger charge is -2.10. The van der Waals surface area contributed by atoms with Gasteiger partial charge in [-0.05, 0) is 7.05 Å². The number of hydrogen-bond acceptors (Lipinski definition) is 2. The lowest BCUT2D eigenvalue weighted by molar-refractivity contribution is -0.127. The molecule has 4 nitrogen and oxygen atoms in total. The average Bonchev–Trinajstić information content (AvgIpc) is 2.32. The molecule has 0 aromatic heterocycles. The predicted octanol–water partition coefficient (Wildman–Crippen LogP) is -2.76. The number of carbonyl (C=O) groups is 1. The van der Waals surface area contributed by atoms with Gasteiger partial charge in [0.15, 0.2) is 0 Å². The third-order valence-corrected chi connectivity index (χ3v) is 1.81. The molecular weight excluding hydrogens is 130 g/mol. The van der Waals surface area contributed by atoms with E-state index >= 15 is 0 Å². The largest absolute Gasteiger partial charge is 0.353 e. The van der Waals surface area contributed by atoms with E-state index in [9.17, 15) is 4.79 Å². The molecule has 1 aliphatic rings. The van der Waals surface area contributed by atoms with E-state index in [0.717, 1.165) is 0 Å². The molecule has 1 heterocycles. The zero-order valence-corrected chi connectivity index (χ0v) is 5.82. The van der Waals surface area contributed by atoms with Gasteiger partial charge in [-0.25, -0.2) is 0 Å². The van der Waals surface area contributed by atoms with Crippen LogP contribution in [0.1, 0.15) is 6.42 Å². The summed E-state index contributed by atoms with van der Waals surface area (Å²) in [6.07, 6.45) is 0.617. The molecule has 10 heavy (non-hydrogen) atoms. The van der Waals surface area contributed by atoms with Crippen LogP contribution in [-0.2, 0) is 4.79 Å². The van der Waals surface area contributed by atoms with Crippen molar-refractivity contribution in [2.75, 3.05) is 13.6 Å². The molecule has 0 aromatic carbocycles. The maximum absolute atomic E-state index is 11.0. The van der Waals surface area contributed by atoms with Crippen LogP contribution in [0.2, 0.25) is 0 Å². The Labute approximate surface area is 59.2 Å². The zero-order chi connectivity index (χ0) is 7.61. The van der Waals surface area contributed by atoms with E-state index in [1.807, 2.05) is 0 Å². The quantitative estimate of drug-likeness (QED) is 0.369. The molecule has 4 heteroatoms. The van der Waals surface area contributed by atoms with Crippen LogP contribution in [0.15, 0.2) is 0 Å². The van der Waals surface area contributed by atoms with Crippen LogP contribution in [0.5, 0.6) is 0 Å². The highest BCUT2D eigenvalue weighted by Gasteiger charge is 2.44. The fraction of sp³-hybridized carbons (Fsp3) is 0.667. The minimum atomic E-state index is -0.847. The summed E-state index contributed by atoms with van der Waals surface area (Å²) in [7, 11) is 1.66. The first-order chi connectivity index (χ1) is 4.75. The topological polar surface area (TPSA) is 64.9 Å². The molecule has 0 saturated carbocycles. The zero-order valence-electron chi connectivity index (χ0n) is 5.82. The number of rotatable bonds is 1. The third-order valence-electron chi connectivity index (χ3n) is 1.81. The van der Waals surface area contributed by atoms with Crippen molar-refractivity contribution in [2.24, 2.45) is 0 Å². The first kappa shape index (κ1) is 7.03. The fourth-order valence-electron chi connectivity index (χ4n) is 1.05. The summed E-state index contributed by atoms with van der Waals surface area (Å²) in [6, 6.07) is 2.20. The Kier molecular flexibility index (Phi) is 1.60. The summed E-state index contributed by atoms with van der Waals surface area (Å²) < 4.78 is 0. The molecular formula is C6H10N3O+. The van der Waals surface area contributed by atoms with Crippen molar-refractivity contribution in [3.05, 3.63) is 0 Å². The maximum atomic E-state index is 11.0. The number of likely N-dealkylation sites (N-methyl/N-ethyl adjacent to an activating group) is 1. The summed E-state index contributed by atoms with van der Waals surface area (Å²) >= 11 is 0. The predicted molar refractivity (Wildman–Crippen MR) is 34.3 cm³/mol. The SMILES string of the molecule is CNC1(C#[NH+])CCNC1=O. The van der Waals surface area contributed by atoms with Crippen molar-refractivity contribution in [1.82, 2.24) is 10.6 Å². The highest BCUT2D eigenvalue weighted by atomic mass is 16.2. The van der Waals surface area contributed by atoms with E-state index in [2.05, 4.69) is 16.7 Å². The van der Waals surface area contributed by atoms with Gasteiger partial charge in [0.05, 0.1) is 0 Å². The van der Waals surface area contributed by atoms with Crippen molar-refractivity contribution in [1.29, 1.82) is 0 Å². The Morgan fingerprint density at radius 3 is 2.80 bits per heavy atom. The van der Waals surface area contributed by atoms with Crippen LogP contribution in [0.4, 0.5) is 0 Å². The van der Waals surface area contributed by atoms with Gasteiger partial charge in [-0.15, -0.1) is 0 Å².